The monoisotopic (exact) mass is 264 g/mol. The van der Waals surface area contributed by atoms with Gasteiger partial charge in [-0.25, -0.2) is 4.98 Å². The van der Waals surface area contributed by atoms with Gasteiger partial charge < -0.3 is 0 Å². The maximum Gasteiger partial charge on any atom is 0.255 e. The first-order valence-electron chi connectivity index (χ1n) is 4.87. The van der Waals surface area contributed by atoms with E-state index in [0.29, 0.717) is 27.2 Å². The SMILES string of the molecule is Clc1cccc(Cl)c1-c1nnc2ncccn12. The third-order valence-electron chi connectivity index (χ3n) is 2.38. The molecular formula is C11H6Cl2N4. The van der Waals surface area contributed by atoms with E-state index in [4.69, 9.17) is 23.2 Å². The molecule has 0 aliphatic rings. The van der Waals surface area contributed by atoms with Gasteiger partial charge in [0, 0.05) is 12.4 Å². The van der Waals surface area contributed by atoms with Crippen LogP contribution >= 0.6 is 23.2 Å². The van der Waals surface area contributed by atoms with Crippen molar-refractivity contribution < 1.29 is 0 Å². The molecule has 2 heterocycles. The molecule has 0 atom stereocenters. The average Bonchev–Trinajstić information content (AvgIpc) is 2.73. The van der Waals surface area contributed by atoms with E-state index in [1.54, 1.807) is 34.9 Å². The summed E-state index contributed by atoms with van der Waals surface area (Å²) in [6.07, 6.45) is 3.47. The van der Waals surface area contributed by atoms with Crippen molar-refractivity contribution in [2.24, 2.45) is 0 Å². The molecule has 0 unspecified atom stereocenters. The van der Waals surface area contributed by atoms with Crippen molar-refractivity contribution >= 4 is 29.0 Å². The molecule has 0 N–H and O–H groups in total. The van der Waals surface area contributed by atoms with Crippen LogP contribution in [0.1, 0.15) is 0 Å². The van der Waals surface area contributed by atoms with E-state index in [9.17, 15) is 0 Å². The maximum absolute atomic E-state index is 6.14. The molecule has 17 heavy (non-hydrogen) atoms. The first-order chi connectivity index (χ1) is 8.27. The normalized spacial score (nSPS) is 10.9. The molecule has 4 nitrogen and oxygen atoms in total. The van der Waals surface area contributed by atoms with Gasteiger partial charge in [-0.3, -0.25) is 4.40 Å². The van der Waals surface area contributed by atoms with E-state index >= 15 is 0 Å². The highest BCUT2D eigenvalue weighted by Gasteiger charge is 2.14. The fraction of sp³-hybridized carbons (Fsp3) is 0. The lowest BCUT2D eigenvalue weighted by Crippen LogP contribution is -1.91. The van der Waals surface area contributed by atoms with Gasteiger partial charge in [0.2, 0.25) is 0 Å². The predicted molar refractivity (Wildman–Crippen MR) is 66.2 cm³/mol. The van der Waals surface area contributed by atoms with Gasteiger partial charge in [0.25, 0.3) is 5.78 Å². The van der Waals surface area contributed by atoms with Crippen molar-refractivity contribution in [3.8, 4) is 11.4 Å². The number of benzene rings is 1. The molecule has 0 aliphatic heterocycles. The molecule has 0 radical (unpaired) electrons. The number of halogens is 2. The summed E-state index contributed by atoms with van der Waals surface area (Å²) >= 11 is 12.3. The minimum absolute atomic E-state index is 0.512. The fourth-order valence-electron chi connectivity index (χ4n) is 1.62. The Labute approximate surface area is 107 Å². The lowest BCUT2D eigenvalue weighted by atomic mass is 10.2. The molecule has 0 saturated carbocycles. The van der Waals surface area contributed by atoms with Crippen molar-refractivity contribution in [3.63, 3.8) is 0 Å². The number of rotatable bonds is 1. The van der Waals surface area contributed by atoms with E-state index in [2.05, 4.69) is 15.2 Å². The second-order valence-corrected chi connectivity index (χ2v) is 4.22. The van der Waals surface area contributed by atoms with Crippen molar-refractivity contribution in [2.75, 3.05) is 0 Å². The second kappa shape index (κ2) is 3.98. The molecule has 0 amide bonds. The van der Waals surface area contributed by atoms with Crippen molar-refractivity contribution in [3.05, 3.63) is 46.7 Å². The quantitative estimate of drug-likeness (QED) is 0.679. The third-order valence-corrected chi connectivity index (χ3v) is 3.01. The van der Waals surface area contributed by atoms with Crippen LogP contribution in [0.2, 0.25) is 10.0 Å². The Bertz CT molecular complexity index is 673. The molecule has 2 aromatic heterocycles. The van der Waals surface area contributed by atoms with Crippen molar-refractivity contribution in [1.29, 1.82) is 0 Å². The topological polar surface area (TPSA) is 43.1 Å². The first-order valence-corrected chi connectivity index (χ1v) is 5.63. The zero-order chi connectivity index (χ0) is 11.8. The molecule has 1 aromatic carbocycles. The molecule has 84 valence electrons. The molecule has 0 fully saturated rings. The number of nitrogens with zero attached hydrogens (tertiary/aromatic N) is 4. The Kier molecular flexibility index (Phi) is 2.46. The molecule has 6 heteroatoms. The Balaban J connectivity index is 2.35. The van der Waals surface area contributed by atoms with Crippen LogP contribution in [0.3, 0.4) is 0 Å². The van der Waals surface area contributed by atoms with Crippen molar-refractivity contribution in [1.82, 2.24) is 19.6 Å². The molecule has 3 rings (SSSR count). The summed E-state index contributed by atoms with van der Waals surface area (Å²) in [5, 5.41) is 9.11. The summed E-state index contributed by atoms with van der Waals surface area (Å²) in [6, 6.07) is 7.11. The smallest absolute Gasteiger partial charge is 0.255 e. The van der Waals surface area contributed by atoms with Crippen LogP contribution in [-0.2, 0) is 0 Å². The summed E-state index contributed by atoms with van der Waals surface area (Å²) in [5.41, 5.74) is 0.663. The van der Waals surface area contributed by atoms with E-state index in [-0.39, 0.29) is 0 Å². The number of aromatic nitrogens is 4. The summed E-state index contributed by atoms with van der Waals surface area (Å²) < 4.78 is 1.74. The van der Waals surface area contributed by atoms with Gasteiger partial charge >= 0.3 is 0 Å². The lowest BCUT2D eigenvalue weighted by molar-refractivity contribution is 1.10. The average molecular weight is 265 g/mol. The maximum atomic E-state index is 6.14. The van der Waals surface area contributed by atoms with Gasteiger partial charge in [-0.05, 0) is 18.2 Å². The van der Waals surface area contributed by atoms with Gasteiger partial charge in [0.15, 0.2) is 5.82 Å². The summed E-state index contributed by atoms with van der Waals surface area (Å²) in [6.45, 7) is 0. The molecule has 0 bridgehead atoms. The minimum atomic E-state index is 0.512. The van der Waals surface area contributed by atoms with Crippen molar-refractivity contribution in [2.45, 2.75) is 0 Å². The lowest BCUT2D eigenvalue weighted by Gasteiger charge is -2.04. The molecular weight excluding hydrogens is 259 g/mol. The molecule has 3 aromatic rings. The van der Waals surface area contributed by atoms with Crippen LogP contribution in [0.25, 0.3) is 17.2 Å². The van der Waals surface area contributed by atoms with E-state index in [0.717, 1.165) is 0 Å². The van der Waals surface area contributed by atoms with Crippen LogP contribution < -0.4 is 0 Å². The van der Waals surface area contributed by atoms with Gasteiger partial charge in [-0.1, -0.05) is 29.3 Å². The van der Waals surface area contributed by atoms with E-state index in [1.165, 1.54) is 0 Å². The van der Waals surface area contributed by atoms with Crippen LogP contribution in [-0.4, -0.2) is 19.6 Å². The highest BCUT2D eigenvalue weighted by atomic mass is 35.5. The van der Waals surface area contributed by atoms with Gasteiger partial charge in [0.05, 0.1) is 15.6 Å². The van der Waals surface area contributed by atoms with E-state index in [1.807, 2.05) is 6.20 Å². The zero-order valence-electron chi connectivity index (χ0n) is 8.51. The fourth-order valence-corrected chi connectivity index (χ4v) is 2.19. The molecule has 0 saturated heterocycles. The van der Waals surface area contributed by atoms with Gasteiger partial charge in [-0.15, -0.1) is 10.2 Å². The molecule has 0 aliphatic carbocycles. The molecule has 0 spiro atoms. The Hall–Kier alpha value is -1.65. The van der Waals surface area contributed by atoms with Gasteiger partial charge in [-0.2, -0.15) is 0 Å². The van der Waals surface area contributed by atoms with Crippen LogP contribution in [0.15, 0.2) is 36.7 Å². The zero-order valence-corrected chi connectivity index (χ0v) is 10.0. The van der Waals surface area contributed by atoms with Crippen LogP contribution in [0.5, 0.6) is 0 Å². The first kappa shape index (κ1) is 10.5. The highest BCUT2D eigenvalue weighted by molar-refractivity contribution is 6.39. The van der Waals surface area contributed by atoms with Crippen LogP contribution in [0.4, 0.5) is 0 Å². The Morgan fingerprint density at radius 3 is 2.53 bits per heavy atom. The number of fused-ring (bicyclic) bond motifs is 1. The second-order valence-electron chi connectivity index (χ2n) is 3.41. The number of hydrogen-bond donors (Lipinski definition) is 0. The predicted octanol–water partition coefficient (Wildman–Crippen LogP) is 3.10. The number of hydrogen-bond acceptors (Lipinski definition) is 3. The Morgan fingerprint density at radius 2 is 1.76 bits per heavy atom. The largest absolute Gasteiger partial charge is 0.266 e. The van der Waals surface area contributed by atoms with Crippen LogP contribution in [0, 0.1) is 0 Å². The minimum Gasteiger partial charge on any atom is -0.266 e. The summed E-state index contributed by atoms with van der Waals surface area (Å²) in [7, 11) is 0. The third kappa shape index (κ3) is 1.66. The van der Waals surface area contributed by atoms with Gasteiger partial charge in [0.1, 0.15) is 0 Å². The Morgan fingerprint density at radius 1 is 1.00 bits per heavy atom. The highest BCUT2D eigenvalue weighted by Crippen LogP contribution is 2.33. The standard InChI is InChI=1S/C11H6Cl2N4/c12-7-3-1-4-8(13)9(7)10-15-16-11-14-5-2-6-17(10)11/h1-6H. The van der Waals surface area contributed by atoms with E-state index < -0.39 is 0 Å². The summed E-state index contributed by atoms with van der Waals surface area (Å²) in [4.78, 5) is 4.09. The summed E-state index contributed by atoms with van der Waals surface area (Å²) in [5.74, 6) is 1.10.